The van der Waals surface area contributed by atoms with Crippen LogP contribution in [0.1, 0.15) is 63.3 Å². The van der Waals surface area contributed by atoms with Crippen molar-refractivity contribution >= 4 is 6.29 Å². The molecule has 0 fully saturated rings. The van der Waals surface area contributed by atoms with Crippen LogP contribution in [0.4, 0.5) is 0 Å². The van der Waals surface area contributed by atoms with Crippen LogP contribution in [0, 0.1) is 0 Å². The Morgan fingerprint density at radius 1 is 1.28 bits per heavy atom. The highest BCUT2D eigenvalue weighted by Gasteiger charge is 2.32. The van der Waals surface area contributed by atoms with Crippen LogP contribution < -0.4 is 0 Å². The predicted octanol–water partition coefficient (Wildman–Crippen LogP) is 3.95. The zero-order valence-electron chi connectivity index (χ0n) is 12.3. The van der Waals surface area contributed by atoms with Gasteiger partial charge in [-0.25, -0.2) is 0 Å². The molecule has 0 atom stereocenters. The molecule has 2 rings (SSSR count). The minimum Gasteiger partial charge on any atom is -0.303 e. The zero-order valence-corrected chi connectivity index (χ0v) is 12.3. The van der Waals surface area contributed by atoms with Crippen molar-refractivity contribution in [3.63, 3.8) is 0 Å². The Balaban J connectivity index is 2.63. The maximum atomic E-state index is 10.9. The van der Waals surface area contributed by atoms with Crippen molar-refractivity contribution in [3.8, 4) is 0 Å². The molecular formula is C17H24O. The summed E-state index contributed by atoms with van der Waals surface area (Å²) in [4.78, 5) is 10.9. The molecule has 0 saturated carbocycles. The Labute approximate surface area is 111 Å². The molecule has 0 bridgehead atoms. The summed E-state index contributed by atoms with van der Waals surface area (Å²) in [5.41, 5.74) is 5.90. The Bertz CT molecular complexity index is 475. The fourth-order valence-corrected chi connectivity index (χ4v) is 2.91. The van der Waals surface area contributed by atoms with Crippen LogP contribution in [-0.4, -0.2) is 6.29 Å². The molecule has 0 amide bonds. The number of rotatable bonds is 2. The summed E-state index contributed by atoms with van der Waals surface area (Å²) in [6.45, 7) is 11.3. The number of hydrogen-bond donors (Lipinski definition) is 0. The Kier molecular flexibility index (Phi) is 3.12. The van der Waals surface area contributed by atoms with Crippen molar-refractivity contribution in [2.24, 2.45) is 0 Å². The third-order valence-corrected chi connectivity index (χ3v) is 4.24. The van der Waals surface area contributed by atoms with Crippen molar-refractivity contribution in [2.75, 3.05) is 0 Å². The molecule has 0 aromatic heterocycles. The van der Waals surface area contributed by atoms with Gasteiger partial charge in [0.2, 0.25) is 0 Å². The summed E-state index contributed by atoms with van der Waals surface area (Å²) in [5, 5.41) is 0. The minimum absolute atomic E-state index is 0.144. The van der Waals surface area contributed by atoms with E-state index >= 15 is 0 Å². The van der Waals surface area contributed by atoms with Crippen LogP contribution >= 0.6 is 0 Å². The average Bonchev–Trinajstić information content (AvgIpc) is 2.54. The summed E-state index contributed by atoms with van der Waals surface area (Å²) in [6, 6.07) is 4.62. The first-order valence-corrected chi connectivity index (χ1v) is 6.86. The minimum atomic E-state index is 0.144. The maximum absolute atomic E-state index is 10.9. The average molecular weight is 244 g/mol. The fourth-order valence-electron chi connectivity index (χ4n) is 2.91. The first-order valence-electron chi connectivity index (χ1n) is 6.86. The first-order chi connectivity index (χ1) is 8.25. The standard InChI is InChI=1S/C17H24O/c1-16(2,3)13-10-12(7-9-18)14-6-8-17(4,5)15(14)11-13/h9-11H,6-8H2,1-5H3. The highest BCUT2D eigenvalue weighted by atomic mass is 16.1. The van der Waals surface area contributed by atoms with E-state index in [2.05, 4.69) is 46.8 Å². The lowest BCUT2D eigenvalue weighted by atomic mass is 9.79. The molecule has 1 nitrogen and oxygen atoms in total. The largest absolute Gasteiger partial charge is 0.303 e. The SMILES string of the molecule is CC(C)(C)c1cc(CC=O)c2c(c1)C(C)(C)CC2. The van der Waals surface area contributed by atoms with Crippen molar-refractivity contribution in [1.82, 2.24) is 0 Å². The molecule has 1 aromatic rings. The summed E-state index contributed by atoms with van der Waals surface area (Å²) in [6.07, 6.45) is 3.91. The molecule has 0 spiro atoms. The van der Waals surface area contributed by atoms with Gasteiger partial charge in [-0.3, -0.25) is 0 Å². The topological polar surface area (TPSA) is 17.1 Å². The van der Waals surface area contributed by atoms with Gasteiger partial charge in [0.25, 0.3) is 0 Å². The molecule has 0 N–H and O–H groups in total. The van der Waals surface area contributed by atoms with Gasteiger partial charge in [0, 0.05) is 6.42 Å². The summed E-state index contributed by atoms with van der Waals surface area (Å²) < 4.78 is 0. The molecular weight excluding hydrogens is 220 g/mol. The Morgan fingerprint density at radius 2 is 1.94 bits per heavy atom. The first kappa shape index (κ1) is 13.3. The number of carbonyl (C=O) groups is 1. The van der Waals surface area contributed by atoms with Gasteiger partial charge in [0.1, 0.15) is 6.29 Å². The summed E-state index contributed by atoms with van der Waals surface area (Å²) in [5.74, 6) is 0. The molecule has 1 aromatic carbocycles. The monoisotopic (exact) mass is 244 g/mol. The van der Waals surface area contributed by atoms with Crippen LogP contribution in [0.5, 0.6) is 0 Å². The van der Waals surface area contributed by atoms with E-state index in [1.807, 2.05) is 0 Å². The van der Waals surface area contributed by atoms with Crippen LogP contribution in [0.25, 0.3) is 0 Å². The molecule has 0 unspecified atom stereocenters. The normalized spacial score (nSPS) is 17.6. The lowest BCUT2D eigenvalue weighted by Gasteiger charge is -2.25. The highest BCUT2D eigenvalue weighted by molar-refractivity contribution is 5.59. The molecule has 1 aliphatic carbocycles. The van der Waals surface area contributed by atoms with E-state index in [-0.39, 0.29) is 10.8 Å². The number of carbonyl (C=O) groups excluding carboxylic acids is 1. The van der Waals surface area contributed by atoms with Crippen molar-refractivity contribution < 1.29 is 4.79 Å². The van der Waals surface area contributed by atoms with Crippen LogP contribution in [0.2, 0.25) is 0 Å². The van der Waals surface area contributed by atoms with Crippen molar-refractivity contribution in [2.45, 2.75) is 64.7 Å². The van der Waals surface area contributed by atoms with E-state index in [0.29, 0.717) is 6.42 Å². The van der Waals surface area contributed by atoms with Crippen LogP contribution in [0.3, 0.4) is 0 Å². The summed E-state index contributed by atoms with van der Waals surface area (Å²) >= 11 is 0. The smallest absolute Gasteiger partial charge is 0.124 e. The van der Waals surface area contributed by atoms with Crippen molar-refractivity contribution in [3.05, 3.63) is 34.4 Å². The third kappa shape index (κ3) is 2.23. The van der Waals surface area contributed by atoms with E-state index < -0.39 is 0 Å². The van der Waals surface area contributed by atoms with Gasteiger partial charge >= 0.3 is 0 Å². The van der Waals surface area contributed by atoms with E-state index in [9.17, 15) is 4.79 Å². The van der Waals surface area contributed by atoms with E-state index in [4.69, 9.17) is 0 Å². The molecule has 98 valence electrons. The number of fused-ring (bicyclic) bond motifs is 1. The second-order valence-corrected chi connectivity index (χ2v) is 7.17. The third-order valence-electron chi connectivity index (χ3n) is 4.24. The van der Waals surface area contributed by atoms with Gasteiger partial charge in [-0.05, 0) is 45.9 Å². The van der Waals surface area contributed by atoms with Gasteiger partial charge in [-0.2, -0.15) is 0 Å². The number of hydrogen-bond acceptors (Lipinski definition) is 1. The van der Waals surface area contributed by atoms with Gasteiger partial charge in [0.05, 0.1) is 0 Å². The molecule has 1 heteroatoms. The van der Waals surface area contributed by atoms with E-state index in [0.717, 1.165) is 12.7 Å². The second kappa shape index (κ2) is 4.22. The van der Waals surface area contributed by atoms with Gasteiger partial charge in [0.15, 0.2) is 0 Å². The van der Waals surface area contributed by atoms with Gasteiger partial charge in [-0.1, -0.05) is 46.8 Å². The lowest BCUT2D eigenvalue weighted by Crippen LogP contribution is -2.17. The van der Waals surface area contributed by atoms with Crippen LogP contribution in [-0.2, 0) is 28.5 Å². The predicted molar refractivity (Wildman–Crippen MR) is 76.3 cm³/mol. The highest BCUT2D eigenvalue weighted by Crippen LogP contribution is 2.42. The Hall–Kier alpha value is -1.11. The van der Waals surface area contributed by atoms with E-state index in [1.54, 1.807) is 0 Å². The molecule has 1 aliphatic rings. The zero-order chi connectivity index (χ0) is 13.6. The maximum Gasteiger partial charge on any atom is 0.124 e. The molecule has 0 aliphatic heterocycles. The van der Waals surface area contributed by atoms with E-state index in [1.165, 1.54) is 28.7 Å². The summed E-state index contributed by atoms with van der Waals surface area (Å²) in [7, 11) is 0. The van der Waals surface area contributed by atoms with Gasteiger partial charge < -0.3 is 4.79 Å². The molecule has 18 heavy (non-hydrogen) atoms. The quantitative estimate of drug-likeness (QED) is 0.720. The molecule has 0 heterocycles. The molecule has 0 radical (unpaired) electrons. The Morgan fingerprint density at radius 3 is 2.50 bits per heavy atom. The number of aldehydes is 1. The second-order valence-electron chi connectivity index (χ2n) is 7.17. The number of benzene rings is 1. The van der Waals surface area contributed by atoms with Crippen LogP contribution in [0.15, 0.2) is 12.1 Å². The van der Waals surface area contributed by atoms with Gasteiger partial charge in [-0.15, -0.1) is 0 Å². The lowest BCUT2D eigenvalue weighted by molar-refractivity contribution is -0.107. The molecule has 0 saturated heterocycles. The fraction of sp³-hybridized carbons (Fsp3) is 0.588. The van der Waals surface area contributed by atoms with Crippen molar-refractivity contribution in [1.29, 1.82) is 0 Å².